The van der Waals surface area contributed by atoms with Crippen molar-refractivity contribution in [3.63, 3.8) is 0 Å². The number of hydrogen-bond donors (Lipinski definition) is 2. The molecule has 2 N–H and O–H groups in total. The van der Waals surface area contributed by atoms with Crippen LogP contribution >= 0.6 is 0 Å². The van der Waals surface area contributed by atoms with E-state index >= 15 is 0 Å². The average molecular weight is 214 g/mol. The molecule has 80 valence electrons. The first-order chi connectivity index (χ1) is 7.72. The van der Waals surface area contributed by atoms with Gasteiger partial charge >= 0.3 is 0 Å². The number of nitrogens with one attached hydrogen (secondary N) is 1. The largest absolute Gasteiger partial charge is 0.493 e. The van der Waals surface area contributed by atoms with Crippen molar-refractivity contribution in [1.82, 2.24) is 10.3 Å². The van der Waals surface area contributed by atoms with E-state index in [0.29, 0.717) is 17.8 Å². The predicted octanol–water partition coefficient (Wildman–Crippen LogP) is 1.66. The highest BCUT2D eigenvalue weighted by atomic mass is 16.3. The minimum atomic E-state index is -0.0949. The number of amides is 1. The molecule has 0 saturated heterocycles. The minimum absolute atomic E-state index is 0.0949. The summed E-state index contributed by atoms with van der Waals surface area (Å²) < 4.78 is 0. The molecular formula is C12H10N2O2. The van der Waals surface area contributed by atoms with Gasteiger partial charge in [0.25, 0.3) is 0 Å². The number of aromatic hydroxyl groups is 1. The van der Waals surface area contributed by atoms with Gasteiger partial charge in [0, 0.05) is 11.5 Å². The monoisotopic (exact) mass is 214 g/mol. The third kappa shape index (κ3) is 1.72. The van der Waals surface area contributed by atoms with Crippen LogP contribution in [0, 0.1) is 0 Å². The molecule has 1 amide bonds. The van der Waals surface area contributed by atoms with Crippen molar-refractivity contribution < 1.29 is 9.90 Å². The average Bonchev–Trinajstić information content (AvgIpc) is 2.28. The molecule has 0 aliphatic heterocycles. The maximum atomic E-state index is 10.3. The van der Waals surface area contributed by atoms with E-state index in [1.165, 1.54) is 0 Å². The Morgan fingerprint density at radius 3 is 2.94 bits per heavy atom. The zero-order valence-corrected chi connectivity index (χ0v) is 8.47. The lowest BCUT2D eigenvalue weighted by Gasteiger charge is -2.07. The van der Waals surface area contributed by atoms with E-state index in [9.17, 15) is 9.90 Å². The highest BCUT2D eigenvalue weighted by Crippen LogP contribution is 2.24. The molecule has 1 aromatic carbocycles. The fourth-order valence-electron chi connectivity index (χ4n) is 1.55. The molecule has 0 aliphatic carbocycles. The molecule has 1 heterocycles. The van der Waals surface area contributed by atoms with Crippen LogP contribution in [0.4, 0.5) is 0 Å². The molecule has 0 radical (unpaired) electrons. The quantitative estimate of drug-likeness (QED) is 0.764. The smallest absolute Gasteiger partial charge is 0.211 e. The van der Waals surface area contributed by atoms with Crippen molar-refractivity contribution >= 4 is 22.9 Å². The molecule has 2 aromatic rings. The van der Waals surface area contributed by atoms with E-state index in [1.54, 1.807) is 6.07 Å². The van der Waals surface area contributed by atoms with Crippen LogP contribution in [0.2, 0.25) is 0 Å². The van der Waals surface area contributed by atoms with E-state index in [-0.39, 0.29) is 5.88 Å². The number of aromatic nitrogens is 1. The number of hydrogen-bond acceptors (Lipinski definition) is 3. The summed E-state index contributed by atoms with van der Waals surface area (Å²) in [5.41, 5.74) is 0.838. The van der Waals surface area contributed by atoms with Crippen LogP contribution in [0.3, 0.4) is 0 Å². The van der Waals surface area contributed by atoms with E-state index in [0.717, 1.165) is 10.8 Å². The molecule has 0 saturated carbocycles. The summed E-state index contributed by atoms with van der Waals surface area (Å²) >= 11 is 0. The Morgan fingerprint density at radius 1 is 1.44 bits per heavy atom. The molecule has 1 aromatic heterocycles. The van der Waals surface area contributed by atoms with Crippen molar-refractivity contribution in [2.75, 3.05) is 0 Å². The lowest BCUT2D eigenvalue weighted by Crippen LogP contribution is -2.09. The first-order valence-electron chi connectivity index (χ1n) is 4.70. The minimum Gasteiger partial charge on any atom is -0.493 e. The van der Waals surface area contributed by atoms with Crippen LogP contribution in [0.1, 0.15) is 5.69 Å². The first kappa shape index (κ1) is 10.2. The van der Waals surface area contributed by atoms with Crippen LogP contribution in [-0.2, 0) is 4.79 Å². The third-order valence-corrected chi connectivity index (χ3v) is 2.25. The van der Waals surface area contributed by atoms with E-state index in [1.807, 2.05) is 24.3 Å². The molecule has 0 aliphatic rings. The summed E-state index contributed by atoms with van der Waals surface area (Å²) in [5.74, 6) is -0.0949. The number of carbonyl (C=O) groups is 1. The van der Waals surface area contributed by atoms with Crippen LogP contribution in [0.25, 0.3) is 16.5 Å². The lowest BCUT2D eigenvalue weighted by atomic mass is 10.1. The van der Waals surface area contributed by atoms with E-state index in [2.05, 4.69) is 16.9 Å². The fraction of sp³-hybridized carbons (Fsp3) is 0. The number of pyridine rings is 1. The Bertz CT molecular complexity index is 564. The van der Waals surface area contributed by atoms with Gasteiger partial charge in [0.2, 0.25) is 12.3 Å². The van der Waals surface area contributed by atoms with Crippen LogP contribution < -0.4 is 5.32 Å². The topological polar surface area (TPSA) is 62.2 Å². The molecule has 0 atom stereocenters. The highest BCUT2D eigenvalue weighted by Gasteiger charge is 2.07. The maximum absolute atomic E-state index is 10.3. The van der Waals surface area contributed by atoms with E-state index in [4.69, 9.17) is 0 Å². The number of fused-ring (bicyclic) bond motifs is 1. The number of rotatable bonds is 3. The molecular weight excluding hydrogens is 204 g/mol. The summed E-state index contributed by atoms with van der Waals surface area (Å²) in [6, 6.07) is 9.00. The van der Waals surface area contributed by atoms with Crippen molar-refractivity contribution in [3.8, 4) is 5.88 Å². The normalized spacial score (nSPS) is 10.0. The second kappa shape index (κ2) is 4.02. The Balaban J connectivity index is 2.67. The number of benzene rings is 1. The molecule has 0 fully saturated rings. The zero-order valence-electron chi connectivity index (χ0n) is 8.47. The Labute approximate surface area is 92.2 Å². The third-order valence-electron chi connectivity index (χ3n) is 2.25. The van der Waals surface area contributed by atoms with Gasteiger partial charge in [0.1, 0.15) is 0 Å². The summed E-state index contributed by atoms with van der Waals surface area (Å²) in [7, 11) is 0. The van der Waals surface area contributed by atoms with Gasteiger partial charge in [-0.2, -0.15) is 0 Å². The van der Waals surface area contributed by atoms with Gasteiger partial charge in [0.15, 0.2) is 0 Å². The van der Waals surface area contributed by atoms with Crippen molar-refractivity contribution in [1.29, 1.82) is 0 Å². The van der Waals surface area contributed by atoms with Crippen LogP contribution in [0.5, 0.6) is 5.88 Å². The van der Waals surface area contributed by atoms with Gasteiger partial charge in [-0.05, 0) is 5.39 Å². The maximum Gasteiger partial charge on any atom is 0.211 e. The van der Waals surface area contributed by atoms with Crippen molar-refractivity contribution in [2.45, 2.75) is 0 Å². The zero-order chi connectivity index (χ0) is 11.5. The van der Waals surface area contributed by atoms with Crippen molar-refractivity contribution in [3.05, 3.63) is 42.6 Å². The second-order valence-electron chi connectivity index (χ2n) is 3.29. The summed E-state index contributed by atoms with van der Waals surface area (Å²) in [4.78, 5) is 14.3. The van der Waals surface area contributed by atoms with Gasteiger partial charge in [-0.15, -0.1) is 0 Å². The van der Waals surface area contributed by atoms with Crippen molar-refractivity contribution in [2.24, 2.45) is 0 Å². The van der Waals surface area contributed by atoms with Crippen LogP contribution in [-0.4, -0.2) is 16.5 Å². The molecule has 2 rings (SSSR count). The Kier molecular flexibility index (Phi) is 2.55. The molecule has 4 nitrogen and oxygen atoms in total. The summed E-state index contributed by atoms with van der Waals surface area (Å²) in [6.45, 7) is 3.69. The lowest BCUT2D eigenvalue weighted by molar-refractivity contribution is -0.108. The molecule has 0 spiro atoms. The number of carbonyl (C=O) groups excluding carboxylic acids is 1. The summed E-state index contributed by atoms with van der Waals surface area (Å²) in [5, 5.41) is 13.6. The fourth-order valence-corrected chi connectivity index (χ4v) is 1.55. The van der Waals surface area contributed by atoms with Gasteiger partial charge in [-0.3, -0.25) is 4.79 Å². The second-order valence-corrected chi connectivity index (χ2v) is 3.29. The summed E-state index contributed by atoms with van der Waals surface area (Å²) in [6.07, 6.45) is 0.531. The van der Waals surface area contributed by atoms with Gasteiger partial charge in [-0.1, -0.05) is 30.8 Å². The molecule has 4 heteroatoms. The highest BCUT2D eigenvalue weighted by molar-refractivity contribution is 5.93. The predicted molar refractivity (Wildman–Crippen MR) is 61.6 cm³/mol. The first-order valence-corrected chi connectivity index (χ1v) is 4.70. The number of nitrogens with zero attached hydrogens (tertiary/aromatic N) is 1. The van der Waals surface area contributed by atoms with Crippen LogP contribution in [0.15, 0.2) is 36.9 Å². The Morgan fingerprint density at radius 2 is 2.19 bits per heavy atom. The molecule has 16 heavy (non-hydrogen) atoms. The van der Waals surface area contributed by atoms with Gasteiger partial charge in [-0.25, -0.2) is 4.98 Å². The van der Waals surface area contributed by atoms with E-state index < -0.39 is 0 Å². The standard InChI is InChI=1S/C12H10N2O2/c1-8(13-7-15)12-10-5-3-2-4-9(10)6-11(16)14-12/h2-7H,1H2,(H,13,15)(H,14,16). The molecule has 0 unspecified atom stereocenters. The van der Waals surface area contributed by atoms with Gasteiger partial charge < -0.3 is 10.4 Å². The SMILES string of the molecule is C=C(NC=O)c1nc(O)cc2ccccc12. The molecule has 0 bridgehead atoms. The Hall–Kier alpha value is -2.36. The van der Waals surface area contributed by atoms with Gasteiger partial charge in [0.05, 0.1) is 11.4 Å².